The second-order valence-corrected chi connectivity index (χ2v) is 8.27. The van der Waals surface area contributed by atoms with Gasteiger partial charge in [0.15, 0.2) is 0 Å². The van der Waals surface area contributed by atoms with Crippen LogP contribution in [0.5, 0.6) is 0 Å². The molecule has 1 atom stereocenters. The minimum atomic E-state index is -0.847. The maximum absolute atomic E-state index is 13.4. The van der Waals surface area contributed by atoms with E-state index in [-0.39, 0.29) is 23.6 Å². The zero-order valence-corrected chi connectivity index (χ0v) is 18.9. The van der Waals surface area contributed by atoms with Crippen molar-refractivity contribution in [1.82, 2.24) is 4.57 Å². The fraction of sp³-hybridized carbons (Fsp3) is 0.160. The predicted octanol–water partition coefficient (Wildman–Crippen LogP) is 1.55. The summed E-state index contributed by atoms with van der Waals surface area (Å²) in [6, 6.07) is 18.3. The molecule has 0 fully saturated rings. The van der Waals surface area contributed by atoms with Crippen LogP contribution in [0.4, 0.5) is 0 Å². The Labute approximate surface area is 193 Å². The molecule has 2 heterocycles. The number of hydrogen-bond acceptors (Lipinski definition) is 7. The van der Waals surface area contributed by atoms with E-state index in [1.165, 1.54) is 11.7 Å². The highest BCUT2D eigenvalue weighted by atomic mass is 32.1. The van der Waals surface area contributed by atoms with Crippen LogP contribution in [0.15, 0.2) is 71.0 Å². The number of hydrogen-bond donors (Lipinski definition) is 1. The van der Waals surface area contributed by atoms with E-state index < -0.39 is 23.4 Å². The Kier molecular flexibility index (Phi) is 6.28. The van der Waals surface area contributed by atoms with Gasteiger partial charge in [0, 0.05) is 0 Å². The summed E-state index contributed by atoms with van der Waals surface area (Å²) in [7, 11) is 1.26. The fourth-order valence-electron chi connectivity index (χ4n) is 3.84. The quantitative estimate of drug-likeness (QED) is 0.578. The average molecular weight is 463 g/mol. The summed E-state index contributed by atoms with van der Waals surface area (Å²) in [5.41, 5.74) is 7.68. The number of methoxy groups -OCH3 is 1. The largest absolute Gasteiger partial charge is 0.466 e. The molecule has 7 nitrogen and oxygen atoms in total. The number of thiazole rings is 1. The van der Waals surface area contributed by atoms with Crippen molar-refractivity contribution in [2.75, 3.05) is 13.7 Å². The first-order valence-electron chi connectivity index (χ1n) is 10.3. The molecule has 168 valence electrons. The molecule has 1 aromatic heterocycles. The van der Waals surface area contributed by atoms with Crippen molar-refractivity contribution in [3.63, 3.8) is 0 Å². The molecule has 0 radical (unpaired) electrons. The predicted molar refractivity (Wildman–Crippen MR) is 126 cm³/mol. The lowest BCUT2D eigenvalue weighted by atomic mass is 9.83. The number of ether oxygens (including phenoxy) is 2. The Morgan fingerprint density at radius 1 is 1.03 bits per heavy atom. The number of fused-ring (bicyclic) bond motifs is 1. The van der Waals surface area contributed by atoms with Crippen molar-refractivity contribution in [1.29, 1.82) is 0 Å². The molecule has 0 aliphatic carbocycles. The smallest absolute Gasteiger partial charge is 0.338 e. The van der Waals surface area contributed by atoms with Crippen molar-refractivity contribution in [3.05, 3.63) is 96.9 Å². The van der Waals surface area contributed by atoms with E-state index in [0.29, 0.717) is 14.8 Å². The molecular formula is C25H22N2O5S. The van der Waals surface area contributed by atoms with Crippen LogP contribution in [0, 0.1) is 0 Å². The summed E-state index contributed by atoms with van der Waals surface area (Å²) in [5, 5.41) is 0. The lowest BCUT2D eigenvalue weighted by Gasteiger charge is -2.26. The fourth-order valence-corrected chi connectivity index (χ4v) is 5.01. The van der Waals surface area contributed by atoms with Gasteiger partial charge in [0.1, 0.15) is 10.5 Å². The standard InChI is InChI=1S/C25H22N2O5S/c1-3-32-25(30)19-18(16-12-8-5-9-13-16)20(24(29)31-2)23-27(21(19)26)22(28)17(33-23)14-15-10-6-4-7-11-15/h4-14,18H,3,26H2,1-2H3/b17-14-. The maximum atomic E-state index is 13.4. The number of aromatic nitrogens is 1. The summed E-state index contributed by atoms with van der Waals surface area (Å²) >= 11 is 1.13. The molecule has 33 heavy (non-hydrogen) atoms. The van der Waals surface area contributed by atoms with Gasteiger partial charge < -0.3 is 15.2 Å². The molecule has 0 saturated heterocycles. The van der Waals surface area contributed by atoms with Gasteiger partial charge in [-0.05, 0) is 24.1 Å². The van der Waals surface area contributed by atoms with Crippen LogP contribution < -0.4 is 20.5 Å². The zero-order valence-electron chi connectivity index (χ0n) is 18.1. The zero-order chi connectivity index (χ0) is 23.5. The minimum Gasteiger partial charge on any atom is -0.466 e. The normalized spacial score (nSPS) is 15.9. The van der Waals surface area contributed by atoms with Crippen molar-refractivity contribution in [2.24, 2.45) is 5.73 Å². The highest BCUT2D eigenvalue weighted by Gasteiger charge is 2.39. The SMILES string of the molecule is CCOC(=O)C1=C(N)n2c(s/c(=C\c3ccccc3)c2=O)=C(C(=O)OC)C1c1ccccc1. The third-order valence-corrected chi connectivity index (χ3v) is 6.39. The highest BCUT2D eigenvalue weighted by molar-refractivity contribution is 7.07. The van der Waals surface area contributed by atoms with E-state index >= 15 is 0 Å². The number of nitrogens with two attached hydrogens (primary N) is 1. The number of carbonyl (C=O) groups excluding carboxylic acids is 2. The topological polar surface area (TPSA) is 101 Å². The Hall–Kier alpha value is -3.91. The van der Waals surface area contributed by atoms with Gasteiger partial charge in [-0.1, -0.05) is 60.7 Å². The van der Waals surface area contributed by atoms with E-state index in [4.69, 9.17) is 15.2 Å². The van der Waals surface area contributed by atoms with E-state index in [1.807, 2.05) is 36.4 Å². The molecule has 2 aromatic carbocycles. The molecule has 8 heteroatoms. The molecule has 1 aliphatic rings. The number of rotatable bonds is 5. The van der Waals surface area contributed by atoms with Crippen LogP contribution >= 0.6 is 11.3 Å². The van der Waals surface area contributed by atoms with E-state index in [9.17, 15) is 14.4 Å². The van der Waals surface area contributed by atoms with Crippen LogP contribution in [-0.4, -0.2) is 30.2 Å². The number of carbonyl (C=O) groups is 2. The van der Waals surface area contributed by atoms with Gasteiger partial charge in [-0.15, -0.1) is 11.3 Å². The molecule has 0 saturated carbocycles. The van der Waals surface area contributed by atoms with Crippen LogP contribution in [0.3, 0.4) is 0 Å². The first kappa shape index (κ1) is 22.3. The molecule has 1 unspecified atom stereocenters. The van der Waals surface area contributed by atoms with Gasteiger partial charge in [-0.2, -0.15) is 0 Å². The summed E-state index contributed by atoms with van der Waals surface area (Å²) in [6.45, 7) is 1.79. The Balaban J connectivity index is 2.12. The highest BCUT2D eigenvalue weighted by Crippen LogP contribution is 2.37. The minimum absolute atomic E-state index is 0.0297. The van der Waals surface area contributed by atoms with Crippen molar-refractivity contribution in [3.8, 4) is 0 Å². The Morgan fingerprint density at radius 2 is 1.67 bits per heavy atom. The molecule has 0 spiro atoms. The van der Waals surface area contributed by atoms with Crippen LogP contribution in [-0.2, 0) is 19.1 Å². The molecule has 4 rings (SSSR count). The van der Waals surface area contributed by atoms with Gasteiger partial charge in [-0.25, -0.2) is 9.59 Å². The van der Waals surface area contributed by atoms with Crippen molar-refractivity contribution < 1.29 is 19.1 Å². The molecule has 3 aromatic rings. The number of nitrogens with zero attached hydrogens (tertiary/aromatic N) is 1. The van der Waals surface area contributed by atoms with E-state index in [1.54, 1.807) is 37.3 Å². The van der Waals surface area contributed by atoms with Gasteiger partial charge in [0.2, 0.25) is 0 Å². The molecular weight excluding hydrogens is 440 g/mol. The molecule has 2 N–H and O–H groups in total. The van der Waals surface area contributed by atoms with Crippen LogP contribution in [0.2, 0.25) is 0 Å². The van der Waals surface area contributed by atoms with E-state index in [0.717, 1.165) is 16.9 Å². The van der Waals surface area contributed by atoms with Crippen LogP contribution in [0.1, 0.15) is 24.0 Å². The third kappa shape index (κ3) is 4.01. The van der Waals surface area contributed by atoms with Crippen molar-refractivity contribution in [2.45, 2.75) is 12.8 Å². The summed E-state index contributed by atoms with van der Waals surface area (Å²) in [6.07, 6.45) is 1.72. The summed E-state index contributed by atoms with van der Waals surface area (Å²) in [4.78, 5) is 39.4. The van der Waals surface area contributed by atoms with Gasteiger partial charge in [0.25, 0.3) is 5.56 Å². The first-order chi connectivity index (χ1) is 16.0. The lowest BCUT2D eigenvalue weighted by molar-refractivity contribution is -0.138. The summed E-state index contributed by atoms with van der Waals surface area (Å²) < 4.78 is 12.2. The van der Waals surface area contributed by atoms with Crippen LogP contribution in [0.25, 0.3) is 17.5 Å². The summed E-state index contributed by atoms with van der Waals surface area (Å²) in [5.74, 6) is -2.25. The molecule has 0 bridgehead atoms. The Bertz CT molecular complexity index is 1420. The second kappa shape index (κ2) is 9.30. The number of benzene rings is 2. The maximum Gasteiger partial charge on any atom is 0.338 e. The third-order valence-electron chi connectivity index (χ3n) is 5.28. The van der Waals surface area contributed by atoms with Crippen molar-refractivity contribution >= 4 is 40.7 Å². The average Bonchev–Trinajstić information content (AvgIpc) is 3.15. The molecule has 0 amide bonds. The van der Waals surface area contributed by atoms with Gasteiger partial charge >= 0.3 is 11.9 Å². The lowest BCUT2D eigenvalue weighted by Crippen LogP contribution is -2.41. The first-order valence-corrected chi connectivity index (χ1v) is 11.1. The number of esters is 2. The second-order valence-electron chi connectivity index (χ2n) is 7.24. The van der Waals surface area contributed by atoms with Gasteiger partial charge in [-0.3, -0.25) is 9.36 Å². The monoisotopic (exact) mass is 462 g/mol. The Morgan fingerprint density at radius 3 is 2.27 bits per heavy atom. The van der Waals surface area contributed by atoms with E-state index in [2.05, 4.69) is 0 Å². The van der Waals surface area contributed by atoms with Gasteiger partial charge in [0.05, 0.1) is 35.3 Å². The molecule has 1 aliphatic heterocycles.